The van der Waals surface area contributed by atoms with Gasteiger partial charge in [-0.3, -0.25) is 4.79 Å². The molecule has 0 aromatic heterocycles. The predicted molar refractivity (Wildman–Crippen MR) is 117 cm³/mol. The standard InChI is InChI=1S/C21H15BrN2O3S/c1-27-18-9-13(15(22)11-17(18)25)10-19-20(26)24-21(28-19)23-16-8-4-6-12-5-2-3-7-14(12)16/h2-11,25H,1H3,(H,23,24,26)/b19-10-. The Morgan fingerprint density at radius 3 is 2.79 bits per heavy atom. The average Bonchev–Trinajstić information content (AvgIpc) is 3.03. The SMILES string of the molecule is COc1cc(/C=C2\SC(=Nc3cccc4ccccc34)NC2=O)c(Br)cc1O. The van der Waals surface area contributed by atoms with E-state index in [1.54, 1.807) is 12.1 Å². The summed E-state index contributed by atoms with van der Waals surface area (Å²) < 4.78 is 5.80. The van der Waals surface area contributed by atoms with E-state index in [1.165, 1.54) is 24.9 Å². The van der Waals surface area contributed by atoms with Crippen molar-refractivity contribution in [3.63, 3.8) is 0 Å². The summed E-state index contributed by atoms with van der Waals surface area (Å²) in [6.45, 7) is 0. The molecule has 0 bridgehead atoms. The minimum Gasteiger partial charge on any atom is -0.504 e. The molecule has 4 rings (SSSR count). The number of nitrogens with one attached hydrogen (secondary N) is 1. The molecule has 1 saturated heterocycles. The van der Waals surface area contributed by atoms with Crippen molar-refractivity contribution >= 4 is 61.3 Å². The van der Waals surface area contributed by atoms with Gasteiger partial charge in [0.15, 0.2) is 16.7 Å². The third-order valence-corrected chi connectivity index (χ3v) is 5.82. The van der Waals surface area contributed by atoms with Gasteiger partial charge in [-0.1, -0.05) is 52.3 Å². The summed E-state index contributed by atoms with van der Waals surface area (Å²) in [6.07, 6.45) is 1.73. The van der Waals surface area contributed by atoms with Crippen molar-refractivity contribution in [3.05, 3.63) is 69.5 Å². The van der Waals surface area contributed by atoms with E-state index < -0.39 is 0 Å². The first-order chi connectivity index (χ1) is 13.5. The number of amidine groups is 1. The van der Waals surface area contributed by atoms with E-state index in [9.17, 15) is 9.90 Å². The number of thioether (sulfide) groups is 1. The molecule has 1 aliphatic heterocycles. The number of carbonyl (C=O) groups excluding carboxylic acids is 1. The summed E-state index contributed by atoms with van der Waals surface area (Å²) in [7, 11) is 1.48. The van der Waals surface area contributed by atoms with Gasteiger partial charge in [-0.15, -0.1) is 0 Å². The Kier molecular flexibility index (Phi) is 5.11. The van der Waals surface area contributed by atoms with Gasteiger partial charge in [0, 0.05) is 9.86 Å². The van der Waals surface area contributed by atoms with E-state index in [0.717, 1.165) is 22.0 Å². The van der Waals surface area contributed by atoms with Crippen LogP contribution in [0.5, 0.6) is 11.5 Å². The summed E-state index contributed by atoms with van der Waals surface area (Å²) in [5.41, 5.74) is 1.52. The lowest BCUT2D eigenvalue weighted by Gasteiger charge is -2.06. The van der Waals surface area contributed by atoms with Crippen LogP contribution in [-0.2, 0) is 4.79 Å². The van der Waals surface area contributed by atoms with E-state index >= 15 is 0 Å². The van der Waals surface area contributed by atoms with Crippen LogP contribution in [0.4, 0.5) is 5.69 Å². The highest BCUT2D eigenvalue weighted by Crippen LogP contribution is 2.36. The Hall–Kier alpha value is -2.77. The maximum absolute atomic E-state index is 12.4. The van der Waals surface area contributed by atoms with Gasteiger partial charge < -0.3 is 15.2 Å². The number of rotatable bonds is 3. The van der Waals surface area contributed by atoms with Gasteiger partial charge in [-0.25, -0.2) is 4.99 Å². The fraction of sp³-hybridized carbons (Fsp3) is 0.0476. The Morgan fingerprint density at radius 1 is 1.18 bits per heavy atom. The number of phenolic OH excluding ortho intramolecular Hbond substituents is 1. The molecule has 0 unspecified atom stereocenters. The second-order valence-electron chi connectivity index (χ2n) is 6.03. The third kappa shape index (κ3) is 3.63. The second-order valence-corrected chi connectivity index (χ2v) is 7.91. The van der Waals surface area contributed by atoms with E-state index in [1.807, 2.05) is 42.5 Å². The van der Waals surface area contributed by atoms with Crippen molar-refractivity contribution in [3.8, 4) is 11.5 Å². The molecule has 0 saturated carbocycles. The number of phenols is 1. The van der Waals surface area contributed by atoms with Crippen molar-refractivity contribution in [1.29, 1.82) is 0 Å². The molecule has 140 valence electrons. The number of halogens is 1. The second kappa shape index (κ2) is 7.69. The van der Waals surface area contributed by atoms with Gasteiger partial charge in [-0.2, -0.15) is 0 Å². The Labute approximate surface area is 174 Å². The molecular formula is C21H15BrN2O3S. The van der Waals surface area contributed by atoms with Gasteiger partial charge in [0.1, 0.15) is 0 Å². The van der Waals surface area contributed by atoms with Gasteiger partial charge in [-0.05, 0) is 47.0 Å². The van der Waals surface area contributed by atoms with Crippen LogP contribution in [-0.4, -0.2) is 23.3 Å². The number of amides is 1. The molecule has 0 radical (unpaired) electrons. The number of hydrogen-bond donors (Lipinski definition) is 2. The summed E-state index contributed by atoms with van der Waals surface area (Å²) in [6, 6.07) is 17.1. The van der Waals surface area contributed by atoms with Gasteiger partial charge in [0.2, 0.25) is 0 Å². The number of benzene rings is 3. The van der Waals surface area contributed by atoms with Crippen molar-refractivity contribution in [2.45, 2.75) is 0 Å². The molecule has 28 heavy (non-hydrogen) atoms. The maximum atomic E-state index is 12.4. The molecule has 5 nitrogen and oxygen atoms in total. The smallest absolute Gasteiger partial charge is 0.264 e. The zero-order valence-electron chi connectivity index (χ0n) is 14.8. The molecule has 3 aromatic rings. The van der Waals surface area contributed by atoms with Crippen LogP contribution in [0.25, 0.3) is 16.8 Å². The van der Waals surface area contributed by atoms with Crippen LogP contribution in [0.3, 0.4) is 0 Å². The lowest BCUT2D eigenvalue weighted by molar-refractivity contribution is -0.115. The topological polar surface area (TPSA) is 70.9 Å². The normalized spacial score (nSPS) is 16.7. The molecule has 0 spiro atoms. The summed E-state index contributed by atoms with van der Waals surface area (Å²) >= 11 is 4.67. The number of aromatic hydroxyl groups is 1. The van der Waals surface area contributed by atoms with Gasteiger partial charge >= 0.3 is 0 Å². The number of carbonyl (C=O) groups is 1. The summed E-state index contributed by atoms with van der Waals surface area (Å²) in [5.74, 6) is 0.143. The number of nitrogens with zero attached hydrogens (tertiary/aromatic N) is 1. The number of ether oxygens (including phenoxy) is 1. The van der Waals surface area contributed by atoms with Crippen LogP contribution in [0.2, 0.25) is 0 Å². The largest absolute Gasteiger partial charge is 0.504 e. The molecule has 2 N–H and O–H groups in total. The van der Waals surface area contributed by atoms with Gasteiger partial charge in [0.05, 0.1) is 17.7 Å². The number of aliphatic imine (C=N–C) groups is 1. The Bertz CT molecular complexity index is 1150. The van der Waals surface area contributed by atoms with E-state index in [0.29, 0.717) is 20.3 Å². The first kappa shape index (κ1) is 18.6. The fourth-order valence-corrected chi connectivity index (χ4v) is 4.14. The number of hydrogen-bond acceptors (Lipinski definition) is 5. The molecule has 1 fully saturated rings. The highest BCUT2D eigenvalue weighted by Gasteiger charge is 2.24. The monoisotopic (exact) mass is 454 g/mol. The average molecular weight is 455 g/mol. The first-order valence-corrected chi connectivity index (χ1v) is 10.00. The third-order valence-electron chi connectivity index (χ3n) is 4.22. The maximum Gasteiger partial charge on any atom is 0.264 e. The number of methoxy groups -OCH3 is 1. The van der Waals surface area contributed by atoms with Crippen molar-refractivity contribution < 1.29 is 14.6 Å². The quantitative estimate of drug-likeness (QED) is 0.532. The molecule has 1 heterocycles. The van der Waals surface area contributed by atoms with Crippen LogP contribution >= 0.6 is 27.7 Å². The summed E-state index contributed by atoms with van der Waals surface area (Å²) in [4.78, 5) is 17.5. The van der Waals surface area contributed by atoms with Crippen LogP contribution in [0.1, 0.15) is 5.56 Å². The van der Waals surface area contributed by atoms with Gasteiger partial charge in [0.25, 0.3) is 5.91 Å². The first-order valence-electron chi connectivity index (χ1n) is 8.39. The molecule has 3 aromatic carbocycles. The predicted octanol–water partition coefficient (Wildman–Crippen LogP) is 5.21. The van der Waals surface area contributed by atoms with Crippen LogP contribution in [0.15, 0.2) is 69.0 Å². The Morgan fingerprint density at radius 2 is 1.96 bits per heavy atom. The minimum atomic E-state index is -0.220. The lowest BCUT2D eigenvalue weighted by Crippen LogP contribution is -2.19. The van der Waals surface area contributed by atoms with Crippen molar-refractivity contribution in [1.82, 2.24) is 5.32 Å². The lowest BCUT2D eigenvalue weighted by atomic mass is 10.1. The molecule has 1 amide bonds. The molecule has 0 atom stereocenters. The molecule has 7 heteroatoms. The number of fused-ring (bicyclic) bond motifs is 1. The van der Waals surface area contributed by atoms with Crippen LogP contribution < -0.4 is 10.1 Å². The zero-order valence-corrected chi connectivity index (χ0v) is 17.2. The highest BCUT2D eigenvalue weighted by molar-refractivity contribution is 9.10. The Balaban J connectivity index is 1.68. The van der Waals surface area contributed by atoms with E-state index in [-0.39, 0.29) is 11.7 Å². The minimum absolute atomic E-state index is 0.0262. The fourth-order valence-electron chi connectivity index (χ4n) is 2.87. The zero-order chi connectivity index (χ0) is 19.7. The van der Waals surface area contributed by atoms with Crippen molar-refractivity contribution in [2.24, 2.45) is 4.99 Å². The van der Waals surface area contributed by atoms with Crippen molar-refractivity contribution in [2.75, 3.05) is 7.11 Å². The highest BCUT2D eigenvalue weighted by atomic mass is 79.9. The molecule has 1 aliphatic rings. The van der Waals surface area contributed by atoms with E-state index in [2.05, 4.69) is 26.2 Å². The van der Waals surface area contributed by atoms with E-state index in [4.69, 9.17) is 4.74 Å². The summed E-state index contributed by atoms with van der Waals surface area (Å²) in [5, 5.41) is 15.3. The molecular weight excluding hydrogens is 440 g/mol. The van der Waals surface area contributed by atoms with Crippen LogP contribution in [0, 0.1) is 0 Å². The molecule has 0 aliphatic carbocycles.